The van der Waals surface area contributed by atoms with Crippen LogP contribution < -0.4 is 4.74 Å². The van der Waals surface area contributed by atoms with E-state index in [9.17, 15) is 9.90 Å². The van der Waals surface area contributed by atoms with E-state index in [0.717, 1.165) is 22.0 Å². The first kappa shape index (κ1) is 12.4. The van der Waals surface area contributed by atoms with Crippen molar-refractivity contribution in [2.45, 2.75) is 31.6 Å². The molecule has 0 amide bonds. The molecule has 2 rings (SSSR count). The van der Waals surface area contributed by atoms with Gasteiger partial charge in [-0.3, -0.25) is 4.79 Å². The maximum Gasteiger partial charge on any atom is 0.314 e. The smallest absolute Gasteiger partial charge is 0.314 e. The number of benzene rings is 1. The predicted octanol–water partition coefficient (Wildman–Crippen LogP) is 3.27. The zero-order chi connectivity index (χ0) is 12.6. The van der Waals surface area contributed by atoms with Gasteiger partial charge in [0.1, 0.15) is 5.75 Å². The summed E-state index contributed by atoms with van der Waals surface area (Å²) in [5.74, 6) is -0.0427. The molecule has 0 atom stereocenters. The molecular weight excluding hydrogens is 284 g/mol. The molecule has 0 unspecified atom stereocenters. The largest absolute Gasteiger partial charge is 0.496 e. The second-order valence-corrected chi connectivity index (χ2v) is 5.31. The molecule has 0 aromatic heterocycles. The Hall–Kier alpha value is -1.03. The number of rotatable bonds is 3. The van der Waals surface area contributed by atoms with E-state index in [1.54, 1.807) is 7.11 Å². The van der Waals surface area contributed by atoms with Gasteiger partial charge in [-0.05, 0) is 52.9 Å². The van der Waals surface area contributed by atoms with Gasteiger partial charge in [-0.2, -0.15) is 0 Å². The molecule has 0 spiro atoms. The number of carboxylic acids is 1. The molecule has 1 aliphatic rings. The third-order valence-electron chi connectivity index (χ3n) is 3.63. The van der Waals surface area contributed by atoms with Crippen molar-refractivity contribution in [1.82, 2.24) is 0 Å². The van der Waals surface area contributed by atoms with Crippen LogP contribution in [0.1, 0.15) is 30.4 Å². The van der Waals surface area contributed by atoms with Crippen LogP contribution in [0, 0.1) is 6.92 Å². The Morgan fingerprint density at radius 3 is 2.53 bits per heavy atom. The third kappa shape index (κ3) is 1.75. The van der Waals surface area contributed by atoms with Crippen LogP contribution in [-0.2, 0) is 10.2 Å². The molecule has 4 heteroatoms. The Morgan fingerprint density at radius 2 is 2.12 bits per heavy atom. The lowest BCUT2D eigenvalue weighted by Gasteiger charge is -2.40. The molecule has 92 valence electrons. The summed E-state index contributed by atoms with van der Waals surface area (Å²) in [6.45, 7) is 1.95. The zero-order valence-corrected chi connectivity index (χ0v) is 11.5. The van der Waals surface area contributed by atoms with Crippen LogP contribution in [0.25, 0.3) is 0 Å². The fourth-order valence-electron chi connectivity index (χ4n) is 2.50. The average Bonchev–Trinajstić information content (AvgIpc) is 2.21. The summed E-state index contributed by atoms with van der Waals surface area (Å²) in [6.07, 6.45) is 2.37. The standard InChI is InChI=1S/C13H15BrO3/c1-8-4-5-9(17-2)11(14)10(8)13(12(15)16)6-3-7-13/h4-5H,3,6-7H2,1-2H3,(H,15,16). The summed E-state index contributed by atoms with van der Waals surface area (Å²) in [4.78, 5) is 11.5. The van der Waals surface area contributed by atoms with Gasteiger partial charge in [-0.1, -0.05) is 12.5 Å². The number of halogens is 1. The lowest BCUT2D eigenvalue weighted by molar-refractivity contribution is -0.147. The Bertz CT molecular complexity index is 464. The normalized spacial score (nSPS) is 17.4. The highest BCUT2D eigenvalue weighted by molar-refractivity contribution is 9.10. The molecule has 17 heavy (non-hydrogen) atoms. The monoisotopic (exact) mass is 298 g/mol. The molecule has 1 aliphatic carbocycles. The van der Waals surface area contributed by atoms with Gasteiger partial charge in [0.15, 0.2) is 0 Å². The quantitative estimate of drug-likeness (QED) is 0.931. The first-order chi connectivity index (χ1) is 8.03. The van der Waals surface area contributed by atoms with Gasteiger partial charge in [-0.15, -0.1) is 0 Å². The van der Waals surface area contributed by atoms with Crippen molar-refractivity contribution in [2.24, 2.45) is 0 Å². The van der Waals surface area contributed by atoms with Gasteiger partial charge < -0.3 is 9.84 Å². The molecule has 0 radical (unpaired) electrons. The van der Waals surface area contributed by atoms with Crippen molar-refractivity contribution in [1.29, 1.82) is 0 Å². The Kier molecular flexibility index (Phi) is 3.17. The highest BCUT2D eigenvalue weighted by Gasteiger charge is 2.48. The number of methoxy groups -OCH3 is 1. The minimum Gasteiger partial charge on any atom is -0.496 e. The summed E-state index contributed by atoms with van der Waals surface area (Å²) in [7, 11) is 1.59. The first-order valence-electron chi connectivity index (χ1n) is 5.60. The number of hydrogen-bond acceptors (Lipinski definition) is 2. The molecule has 1 saturated carbocycles. The summed E-state index contributed by atoms with van der Waals surface area (Å²) in [6, 6.07) is 3.78. The van der Waals surface area contributed by atoms with E-state index in [-0.39, 0.29) is 0 Å². The molecular formula is C13H15BrO3. The summed E-state index contributed by atoms with van der Waals surface area (Å²) in [5.41, 5.74) is 1.15. The highest BCUT2D eigenvalue weighted by atomic mass is 79.9. The van der Waals surface area contributed by atoms with Gasteiger partial charge in [0.05, 0.1) is 17.0 Å². The SMILES string of the molecule is COc1ccc(C)c(C2(C(=O)O)CCC2)c1Br. The van der Waals surface area contributed by atoms with Gasteiger partial charge in [0.2, 0.25) is 0 Å². The van der Waals surface area contributed by atoms with Gasteiger partial charge in [-0.25, -0.2) is 0 Å². The third-order valence-corrected chi connectivity index (χ3v) is 4.42. The van der Waals surface area contributed by atoms with E-state index in [1.807, 2.05) is 19.1 Å². The number of carbonyl (C=O) groups is 1. The topological polar surface area (TPSA) is 46.5 Å². The number of ether oxygens (including phenoxy) is 1. The number of carboxylic acid groups (broad SMARTS) is 1. The molecule has 0 bridgehead atoms. The van der Waals surface area contributed by atoms with Crippen LogP contribution in [0.15, 0.2) is 16.6 Å². The van der Waals surface area contributed by atoms with Crippen molar-refractivity contribution >= 4 is 21.9 Å². The summed E-state index contributed by atoms with van der Waals surface area (Å²) in [5, 5.41) is 9.49. The average molecular weight is 299 g/mol. The molecule has 0 saturated heterocycles. The van der Waals surface area contributed by atoms with Crippen LogP contribution in [-0.4, -0.2) is 18.2 Å². The lowest BCUT2D eigenvalue weighted by atomic mass is 9.63. The van der Waals surface area contributed by atoms with Crippen molar-refractivity contribution in [3.63, 3.8) is 0 Å². The lowest BCUT2D eigenvalue weighted by Crippen LogP contribution is -2.43. The molecule has 1 aromatic rings. The van der Waals surface area contributed by atoms with Crippen molar-refractivity contribution in [3.8, 4) is 5.75 Å². The van der Waals surface area contributed by atoms with E-state index >= 15 is 0 Å². The molecule has 0 heterocycles. The second-order valence-electron chi connectivity index (χ2n) is 4.51. The van der Waals surface area contributed by atoms with Crippen LogP contribution >= 0.6 is 15.9 Å². The molecule has 0 aliphatic heterocycles. The van der Waals surface area contributed by atoms with E-state index in [0.29, 0.717) is 18.6 Å². The van der Waals surface area contributed by atoms with E-state index in [4.69, 9.17) is 4.74 Å². The van der Waals surface area contributed by atoms with Gasteiger partial charge in [0.25, 0.3) is 0 Å². The van der Waals surface area contributed by atoms with Crippen molar-refractivity contribution in [3.05, 3.63) is 27.7 Å². The van der Waals surface area contributed by atoms with E-state index in [1.165, 1.54) is 0 Å². The highest BCUT2D eigenvalue weighted by Crippen LogP contribution is 2.49. The predicted molar refractivity (Wildman–Crippen MR) is 68.6 cm³/mol. The first-order valence-corrected chi connectivity index (χ1v) is 6.39. The maximum atomic E-state index is 11.5. The zero-order valence-electron chi connectivity index (χ0n) is 9.92. The molecule has 1 N–H and O–H groups in total. The molecule has 3 nitrogen and oxygen atoms in total. The van der Waals surface area contributed by atoms with Crippen LogP contribution in [0.4, 0.5) is 0 Å². The fourth-order valence-corrected chi connectivity index (χ4v) is 3.49. The fraction of sp³-hybridized carbons (Fsp3) is 0.462. The van der Waals surface area contributed by atoms with Gasteiger partial charge >= 0.3 is 5.97 Å². The minimum absolute atomic E-state index is 0.693. The van der Waals surface area contributed by atoms with Crippen LogP contribution in [0.5, 0.6) is 5.75 Å². The number of aryl methyl sites for hydroxylation is 1. The molecule has 1 aromatic carbocycles. The second kappa shape index (κ2) is 4.33. The van der Waals surface area contributed by atoms with Crippen molar-refractivity contribution in [2.75, 3.05) is 7.11 Å². The van der Waals surface area contributed by atoms with Crippen LogP contribution in [0.2, 0.25) is 0 Å². The number of aliphatic carboxylic acids is 1. The summed E-state index contributed by atoms with van der Waals surface area (Å²) < 4.78 is 6.02. The maximum absolute atomic E-state index is 11.5. The number of hydrogen-bond donors (Lipinski definition) is 1. The Balaban J connectivity index is 2.61. The van der Waals surface area contributed by atoms with Crippen LogP contribution in [0.3, 0.4) is 0 Å². The Labute approximate surface area is 109 Å². The van der Waals surface area contributed by atoms with E-state index < -0.39 is 11.4 Å². The van der Waals surface area contributed by atoms with E-state index in [2.05, 4.69) is 15.9 Å². The molecule has 1 fully saturated rings. The van der Waals surface area contributed by atoms with Gasteiger partial charge in [0, 0.05) is 0 Å². The Morgan fingerprint density at radius 1 is 1.47 bits per heavy atom. The minimum atomic E-state index is -0.735. The summed E-state index contributed by atoms with van der Waals surface area (Å²) >= 11 is 3.48. The van der Waals surface area contributed by atoms with Crippen molar-refractivity contribution < 1.29 is 14.6 Å².